The summed E-state index contributed by atoms with van der Waals surface area (Å²) in [4.78, 5) is 23.8. The van der Waals surface area contributed by atoms with E-state index in [-0.39, 0.29) is 0 Å². The van der Waals surface area contributed by atoms with Crippen LogP contribution >= 0.6 is 23.2 Å². The number of carbonyl (C=O) groups is 2. The van der Waals surface area contributed by atoms with Crippen molar-refractivity contribution in [3.63, 3.8) is 0 Å². The fourth-order valence-electron chi connectivity index (χ4n) is 1.89. The van der Waals surface area contributed by atoms with Gasteiger partial charge < -0.3 is 14.8 Å². The minimum atomic E-state index is -0.947. The van der Waals surface area contributed by atoms with Gasteiger partial charge in [-0.1, -0.05) is 23.2 Å². The summed E-state index contributed by atoms with van der Waals surface area (Å²) in [5.41, 5.74) is 0.370. The first kappa shape index (κ1) is 16.1. The predicted octanol–water partition coefficient (Wildman–Crippen LogP) is 3.04. The van der Waals surface area contributed by atoms with Crippen LogP contribution in [0, 0.1) is 0 Å². The van der Waals surface area contributed by atoms with E-state index in [1.165, 1.54) is 13.0 Å². The first-order chi connectivity index (χ1) is 9.97. The second-order valence-electron chi connectivity index (χ2n) is 4.69. The number of hydrogen-bond donors (Lipinski definition) is 1. The van der Waals surface area contributed by atoms with Gasteiger partial charge in [0, 0.05) is 11.6 Å². The third-order valence-electron chi connectivity index (χ3n) is 3.04. The molecule has 0 radical (unpaired) electrons. The molecule has 114 valence electrons. The maximum Gasteiger partial charge on any atom is 0.336 e. The van der Waals surface area contributed by atoms with E-state index in [0.29, 0.717) is 28.8 Å². The lowest BCUT2D eigenvalue weighted by Crippen LogP contribution is -2.34. The van der Waals surface area contributed by atoms with Crippen molar-refractivity contribution in [1.82, 2.24) is 0 Å². The van der Waals surface area contributed by atoms with Crippen LogP contribution in [0.4, 0.5) is 5.69 Å². The highest BCUT2D eigenvalue weighted by Crippen LogP contribution is 2.25. The van der Waals surface area contributed by atoms with Gasteiger partial charge >= 0.3 is 5.97 Å². The van der Waals surface area contributed by atoms with Gasteiger partial charge in [-0.3, -0.25) is 4.79 Å². The maximum atomic E-state index is 12.0. The SMILES string of the molecule is C[C@@H](OC(=O)[C@@H]1CCCO1)C(=O)Nc1cc(Cl)ccc1Cl. The number of halogens is 2. The second-order valence-corrected chi connectivity index (χ2v) is 5.54. The number of anilines is 1. The summed E-state index contributed by atoms with van der Waals surface area (Å²) in [6.07, 6.45) is -0.0853. The molecule has 0 aliphatic carbocycles. The first-order valence-corrected chi connectivity index (χ1v) is 7.31. The smallest absolute Gasteiger partial charge is 0.336 e. The van der Waals surface area contributed by atoms with E-state index in [4.69, 9.17) is 32.7 Å². The van der Waals surface area contributed by atoms with E-state index in [1.54, 1.807) is 12.1 Å². The summed E-state index contributed by atoms with van der Waals surface area (Å²) < 4.78 is 10.3. The molecular formula is C14H15Cl2NO4. The van der Waals surface area contributed by atoms with Gasteiger partial charge in [-0.15, -0.1) is 0 Å². The van der Waals surface area contributed by atoms with Crippen LogP contribution in [0.1, 0.15) is 19.8 Å². The van der Waals surface area contributed by atoms with Crippen molar-refractivity contribution in [3.8, 4) is 0 Å². The van der Waals surface area contributed by atoms with Crippen molar-refractivity contribution < 1.29 is 19.1 Å². The Morgan fingerprint density at radius 3 is 2.86 bits per heavy atom. The molecule has 1 amide bonds. The first-order valence-electron chi connectivity index (χ1n) is 6.55. The van der Waals surface area contributed by atoms with Crippen LogP contribution in [0.25, 0.3) is 0 Å². The van der Waals surface area contributed by atoms with Crippen LogP contribution in [-0.4, -0.2) is 30.7 Å². The Hall–Kier alpha value is -1.30. The molecule has 1 aromatic rings. The number of rotatable bonds is 4. The van der Waals surface area contributed by atoms with Crippen molar-refractivity contribution in [2.75, 3.05) is 11.9 Å². The Morgan fingerprint density at radius 2 is 2.19 bits per heavy atom. The molecule has 7 heteroatoms. The maximum absolute atomic E-state index is 12.0. The molecular weight excluding hydrogens is 317 g/mol. The molecule has 0 saturated carbocycles. The molecule has 1 saturated heterocycles. The minimum Gasteiger partial charge on any atom is -0.451 e. The third kappa shape index (κ3) is 4.33. The zero-order valence-electron chi connectivity index (χ0n) is 11.4. The average molecular weight is 332 g/mol. The van der Waals surface area contributed by atoms with Gasteiger partial charge in [0.05, 0.1) is 10.7 Å². The molecule has 21 heavy (non-hydrogen) atoms. The van der Waals surface area contributed by atoms with Crippen molar-refractivity contribution in [1.29, 1.82) is 0 Å². The van der Waals surface area contributed by atoms with Gasteiger partial charge in [-0.05, 0) is 38.0 Å². The van der Waals surface area contributed by atoms with Crippen LogP contribution in [0.15, 0.2) is 18.2 Å². The molecule has 1 aliphatic heterocycles. The molecule has 5 nitrogen and oxygen atoms in total. The molecule has 0 bridgehead atoms. The number of amides is 1. The molecule has 1 aliphatic rings. The fraction of sp³-hybridized carbons (Fsp3) is 0.429. The second kappa shape index (κ2) is 7.11. The average Bonchev–Trinajstić information content (AvgIpc) is 2.97. The zero-order chi connectivity index (χ0) is 15.4. The predicted molar refractivity (Wildman–Crippen MR) is 79.6 cm³/mol. The van der Waals surface area contributed by atoms with Crippen LogP contribution in [0.2, 0.25) is 10.0 Å². The van der Waals surface area contributed by atoms with Crippen molar-refractivity contribution in [2.24, 2.45) is 0 Å². The van der Waals surface area contributed by atoms with E-state index in [0.717, 1.165) is 6.42 Å². The third-order valence-corrected chi connectivity index (χ3v) is 3.61. The number of hydrogen-bond acceptors (Lipinski definition) is 4. The summed E-state index contributed by atoms with van der Waals surface area (Å²) in [5.74, 6) is -1.00. The number of carbonyl (C=O) groups excluding carboxylic acids is 2. The molecule has 0 spiro atoms. The zero-order valence-corrected chi connectivity index (χ0v) is 12.9. The molecule has 2 rings (SSSR count). The molecule has 1 N–H and O–H groups in total. The van der Waals surface area contributed by atoms with E-state index < -0.39 is 24.1 Å². The highest BCUT2D eigenvalue weighted by Gasteiger charge is 2.28. The summed E-state index contributed by atoms with van der Waals surface area (Å²) in [6.45, 7) is 2.03. The Bertz CT molecular complexity index is 544. The standard InChI is InChI=1S/C14H15Cl2NO4/c1-8(21-14(19)12-3-2-6-20-12)13(18)17-11-7-9(15)4-5-10(11)16/h4-5,7-8,12H,2-3,6H2,1H3,(H,17,18)/t8-,12+/m1/s1. The molecule has 0 aromatic heterocycles. The van der Waals surface area contributed by atoms with Crippen molar-refractivity contribution >= 4 is 40.8 Å². The minimum absolute atomic E-state index is 0.352. The van der Waals surface area contributed by atoms with Gasteiger partial charge in [0.2, 0.25) is 0 Å². The Labute approximate surface area is 132 Å². The van der Waals surface area contributed by atoms with Crippen LogP contribution in [0.5, 0.6) is 0 Å². The van der Waals surface area contributed by atoms with E-state index in [1.807, 2.05) is 0 Å². The summed E-state index contributed by atoms with van der Waals surface area (Å²) in [7, 11) is 0. The summed E-state index contributed by atoms with van der Waals surface area (Å²) >= 11 is 11.8. The Kier molecular flexibility index (Phi) is 5.45. The monoisotopic (exact) mass is 331 g/mol. The largest absolute Gasteiger partial charge is 0.451 e. The molecule has 2 atom stereocenters. The summed E-state index contributed by atoms with van der Waals surface area (Å²) in [5, 5.41) is 3.37. The van der Waals surface area contributed by atoms with Crippen LogP contribution in [0.3, 0.4) is 0 Å². The highest BCUT2D eigenvalue weighted by atomic mass is 35.5. The molecule has 0 unspecified atom stereocenters. The van der Waals surface area contributed by atoms with Crippen LogP contribution in [-0.2, 0) is 19.1 Å². The molecule has 1 aromatic carbocycles. The summed E-state index contributed by atoms with van der Waals surface area (Å²) in [6, 6.07) is 4.71. The highest BCUT2D eigenvalue weighted by molar-refractivity contribution is 6.35. The number of esters is 1. The lowest BCUT2D eigenvalue weighted by Gasteiger charge is -2.16. The van der Waals surface area contributed by atoms with Gasteiger partial charge in [-0.25, -0.2) is 4.79 Å². The quantitative estimate of drug-likeness (QED) is 0.861. The normalized spacial score (nSPS) is 19.1. The van der Waals surface area contributed by atoms with E-state index >= 15 is 0 Å². The van der Waals surface area contributed by atoms with Gasteiger partial charge in [0.15, 0.2) is 12.2 Å². The lowest BCUT2D eigenvalue weighted by atomic mass is 10.2. The topological polar surface area (TPSA) is 64.6 Å². The number of benzene rings is 1. The van der Waals surface area contributed by atoms with Crippen molar-refractivity contribution in [3.05, 3.63) is 28.2 Å². The number of ether oxygens (including phenoxy) is 2. The van der Waals surface area contributed by atoms with E-state index in [9.17, 15) is 9.59 Å². The Balaban J connectivity index is 1.93. The molecule has 1 heterocycles. The van der Waals surface area contributed by atoms with Gasteiger partial charge in [-0.2, -0.15) is 0 Å². The van der Waals surface area contributed by atoms with Crippen LogP contribution < -0.4 is 5.32 Å². The van der Waals surface area contributed by atoms with Crippen molar-refractivity contribution in [2.45, 2.75) is 32.0 Å². The fourth-order valence-corrected chi connectivity index (χ4v) is 2.23. The number of nitrogens with one attached hydrogen (secondary N) is 1. The Morgan fingerprint density at radius 1 is 1.43 bits per heavy atom. The van der Waals surface area contributed by atoms with E-state index in [2.05, 4.69) is 5.32 Å². The lowest BCUT2D eigenvalue weighted by molar-refractivity contribution is -0.162. The van der Waals surface area contributed by atoms with Gasteiger partial charge in [0.1, 0.15) is 0 Å². The molecule has 1 fully saturated rings. The van der Waals surface area contributed by atoms with Gasteiger partial charge in [0.25, 0.3) is 5.91 Å².